The van der Waals surface area contributed by atoms with Gasteiger partial charge >= 0.3 is 6.61 Å². The largest absolute Gasteiger partial charge is 0.435 e. The maximum absolute atomic E-state index is 12.2. The number of hydrogen-bond acceptors (Lipinski definition) is 3. The molecule has 2 N–H and O–H groups in total. The fourth-order valence-electron chi connectivity index (χ4n) is 2.22. The Morgan fingerprint density at radius 1 is 1.08 bits per heavy atom. The van der Waals surface area contributed by atoms with Crippen molar-refractivity contribution in [1.82, 2.24) is 10.9 Å². The van der Waals surface area contributed by atoms with Crippen molar-refractivity contribution in [2.24, 2.45) is 0 Å². The highest BCUT2D eigenvalue weighted by molar-refractivity contribution is 5.98. The Hall–Kier alpha value is -3.22. The number of alkyl halides is 2. The van der Waals surface area contributed by atoms with Gasteiger partial charge in [-0.1, -0.05) is 29.8 Å². The molecule has 0 radical (unpaired) electrons. The van der Waals surface area contributed by atoms with Gasteiger partial charge in [-0.2, -0.15) is 8.78 Å². The monoisotopic (exact) mass is 360 g/mol. The molecular formula is C19H18F2N2O3. The van der Waals surface area contributed by atoms with Gasteiger partial charge in [0.1, 0.15) is 5.75 Å². The molecule has 2 aromatic carbocycles. The molecule has 0 atom stereocenters. The number of carbonyl (C=O) groups is 2. The lowest BCUT2D eigenvalue weighted by Gasteiger charge is -2.08. The Morgan fingerprint density at radius 3 is 2.54 bits per heavy atom. The van der Waals surface area contributed by atoms with Crippen LogP contribution in [0.5, 0.6) is 5.75 Å². The molecule has 0 spiro atoms. The van der Waals surface area contributed by atoms with E-state index in [1.54, 1.807) is 6.08 Å². The van der Waals surface area contributed by atoms with Crippen LogP contribution < -0.4 is 15.6 Å². The van der Waals surface area contributed by atoms with Gasteiger partial charge in [0.15, 0.2) is 0 Å². The lowest BCUT2D eigenvalue weighted by atomic mass is 10.1. The number of nitrogens with one attached hydrogen (secondary N) is 2. The average Bonchev–Trinajstić information content (AvgIpc) is 2.58. The summed E-state index contributed by atoms with van der Waals surface area (Å²) < 4.78 is 28.6. The predicted octanol–water partition coefficient (Wildman–Crippen LogP) is 3.38. The molecule has 0 saturated carbocycles. The van der Waals surface area contributed by atoms with Gasteiger partial charge in [0.25, 0.3) is 11.8 Å². The van der Waals surface area contributed by atoms with Gasteiger partial charge in [0, 0.05) is 11.6 Å². The zero-order valence-corrected chi connectivity index (χ0v) is 14.3. The first kappa shape index (κ1) is 19.1. The van der Waals surface area contributed by atoms with E-state index in [4.69, 9.17) is 0 Å². The number of benzene rings is 2. The number of ether oxygens (including phenoxy) is 1. The summed E-state index contributed by atoms with van der Waals surface area (Å²) >= 11 is 0. The summed E-state index contributed by atoms with van der Waals surface area (Å²) in [7, 11) is 0. The molecule has 0 heterocycles. The lowest BCUT2D eigenvalue weighted by Crippen LogP contribution is -2.40. The van der Waals surface area contributed by atoms with Gasteiger partial charge in [0.05, 0.1) is 0 Å². The second-order valence-electron chi connectivity index (χ2n) is 5.54. The van der Waals surface area contributed by atoms with E-state index in [2.05, 4.69) is 15.6 Å². The SMILES string of the molecule is Cc1ccc(/C=C/C(=O)NNC(=O)c2cccc(OC(F)F)c2)c(C)c1. The molecule has 0 aromatic heterocycles. The number of hydrazine groups is 1. The Bertz CT molecular complexity index is 835. The van der Waals surface area contributed by atoms with E-state index in [-0.39, 0.29) is 11.3 Å². The van der Waals surface area contributed by atoms with Crippen LogP contribution in [0.2, 0.25) is 0 Å². The summed E-state index contributed by atoms with van der Waals surface area (Å²) in [4.78, 5) is 23.8. The highest BCUT2D eigenvalue weighted by Gasteiger charge is 2.10. The van der Waals surface area contributed by atoms with Crippen molar-refractivity contribution in [1.29, 1.82) is 0 Å². The highest BCUT2D eigenvalue weighted by Crippen LogP contribution is 2.15. The van der Waals surface area contributed by atoms with Crippen LogP contribution >= 0.6 is 0 Å². The number of halogens is 2. The Labute approximate surface area is 149 Å². The van der Waals surface area contributed by atoms with Crippen LogP contribution in [0, 0.1) is 13.8 Å². The molecule has 7 heteroatoms. The maximum atomic E-state index is 12.2. The zero-order valence-electron chi connectivity index (χ0n) is 14.3. The van der Waals surface area contributed by atoms with E-state index in [0.717, 1.165) is 22.8 Å². The van der Waals surface area contributed by atoms with Crippen LogP contribution in [0.25, 0.3) is 6.08 Å². The zero-order chi connectivity index (χ0) is 19.1. The minimum Gasteiger partial charge on any atom is -0.435 e. The molecule has 0 fully saturated rings. The van der Waals surface area contributed by atoms with Crippen molar-refractivity contribution in [2.75, 3.05) is 0 Å². The van der Waals surface area contributed by atoms with Crippen LogP contribution in [0.4, 0.5) is 8.78 Å². The first-order valence-electron chi connectivity index (χ1n) is 7.75. The number of carbonyl (C=O) groups excluding carboxylic acids is 2. The molecule has 5 nitrogen and oxygen atoms in total. The van der Waals surface area contributed by atoms with Gasteiger partial charge in [-0.05, 0) is 49.2 Å². The van der Waals surface area contributed by atoms with Crippen molar-refractivity contribution < 1.29 is 23.1 Å². The third kappa shape index (κ3) is 5.70. The quantitative estimate of drug-likeness (QED) is 0.635. The lowest BCUT2D eigenvalue weighted by molar-refractivity contribution is -0.117. The standard InChI is InChI=1S/C19H18F2N2O3/c1-12-6-7-14(13(2)10-12)8-9-17(24)22-23-18(25)15-4-3-5-16(11-15)26-19(20)21/h3-11,19H,1-2H3,(H,22,24)(H,23,25)/b9-8+. The smallest absolute Gasteiger partial charge is 0.387 e. The van der Waals surface area contributed by atoms with Gasteiger partial charge < -0.3 is 4.74 Å². The summed E-state index contributed by atoms with van der Waals surface area (Å²) in [6.07, 6.45) is 2.92. The van der Waals surface area contributed by atoms with Crippen molar-refractivity contribution in [2.45, 2.75) is 20.5 Å². The van der Waals surface area contributed by atoms with Crippen LogP contribution in [0.15, 0.2) is 48.5 Å². The van der Waals surface area contributed by atoms with E-state index in [9.17, 15) is 18.4 Å². The first-order chi connectivity index (χ1) is 12.3. The van der Waals surface area contributed by atoms with Crippen molar-refractivity contribution in [3.63, 3.8) is 0 Å². The summed E-state index contributed by atoms with van der Waals surface area (Å²) in [5, 5.41) is 0. The Morgan fingerprint density at radius 2 is 1.85 bits per heavy atom. The molecule has 0 unspecified atom stereocenters. The summed E-state index contributed by atoms with van der Waals surface area (Å²) in [5.74, 6) is -1.33. The third-order valence-corrected chi connectivity index (χ3v) is 3.46. The van der Waals surface area contributed by atoms with Crippen LogP contribution in [0.3, 0.4) is 0 Å². The third-order valence-electron chi connectivity index (χ3n) is 3.46. The molecule has 0 aliphatic carbocycles. The fraction of sp³-hybridized carbons (Fsp3) is 0.158. The van der Waals surface area contributed by atoms with Gasteiger partial charge in [-0.15, -0.1) is 0 Å². The topological polar surface area (TPSA) is 67.4 Å². The van der Waals surface area contributed by atoms with Crippen LogP contribution in [-0.4, -0.2) is 18.4 Å². The molecule has 0 saturated heterocycles. The van der Waals surface area contributed by atoms with E-state index in [1.165, 1.54) is 24.3 Å². The summed E-state index contributed by atoms with van der Waals surface area (Å²) in [5.41, 5.74) is 7.53. The molecule has 26 heavy (non-hydrogen) atoms. The van der Waals surface area contributed by atoms with Crippen molar-refractivity contribution in [3.05, 3.63) is 70.8 Å². The van der Waals surface area contributed by atoms with Gasteiger partial charge in [0.2, 0.25) is 0 Å². The van der Waals surface area contributed by atoms with Crippen molar-refractivity contribution >= 4 is 17.9 Å². The Kier molecular flexibility index (Phi) is 6.43. The fourth-order valence-corrected chi connectivity index (χ4v) is 2.22. The van der Waals surface area contributed by atoms with Crippen molar-refractivity contribution in [3.8, 4) is 5.75 Å². The van der Waals surface area contributed by atoms with E-state index < -0.39 is 18.4 Å². The van der Waals surface area contributed by atoms with E-state index in [1.807, 2.05) is 32.0 Å². The minimum absolute atomic E-state index is 0.0711. The number of aryl methyl sites for hydroxylation is 2. The van der Waals surface area contributed by atoms with Gasteiger partial charge in [-0.3, -0.25) is 20.4 Å². The Balaban J connectivity index is 1.92. The first-order valence-corrected chi connectivity index (χ1v) is 7.75. The van der Waals surface area contributed by atoms with Crippen LogP contribution in [0.1, 0.15) is 27.0 Å². The molecule has 136 valence electrons. The molecule has 2 aromatic rings. The number of amides is 2. The van der Waals surface area contributed by atoms with E-state index >= 15 is 0 Å². The predicted molar refractivity (Wildman–Crippen MR) is 93.6 cm³/mol. The van der Waals surface area contributed by atoms with Gasteiger partial charge in [-0.25, -0.2) is 0 Å². The summed E-state index contributed by atoms with van der Waals surface area (Å²) in [6, 6.07) is 11.1. The summed E-state index contributed by atoms with van der Waals surface area (Å²) in [6.45, 7) is 0.925. The second kappa shape index (κ2) is 8.75. The normalized spacial score (nSPS) is 10.8. The van der Waals surface area contributed by atoms with Crippen LogP contribution in [-0.2, 0) is 4.79 Å². The molecular weight excluding hydrogens is 342 g/mol. The molecule has 2 amide bonds. The molecule has 0 aliphatic rings. The second-order valence-corrected chi connectivity index (χ2v) is 5.54. The maximum Gasteiger partial charge on any atom is 0.387 e. The molecule has 0 aliphatic heterocycles. The highest BCUT2D eigenvalue weighted by atomic mass is 19.3. The molecule has 0 bridgehead atoms. The average molecular weight is 360 g/mol. The molecule has 2 rings (SSSR count). The minimum atomic E-state index is -2.98. The van der Waals surface area contributed by atoms with E-state index in [0.29, 0.717) is 0 Å². The number of rotatable bonds is 5. The number of hydrogen-bond donors (Lipinski definition) is 2.